The predicted molar refractivity (Wildman–Crippen MR) is 103 cm³/mol. The topological polar surface area (TPSA) is 29.5 Å². The van der Waals surface area contributed by atoms with Gasteiger partial charge in [-0.3, -0.25) is 0 Å². The molecule has 2 nitrogen and oxygen atoms in total. The van der Waals surface area contributed by atoms with Crippen molar-refractivity contribution in [3.63, 3.8) is 0 Å². The number of benzene rings is 3. The Morgan fingerprint density at radius 2 is 1.72 bits per heavy atom. The molecule has 0 bridgehead atoms. The van der Waals surface area contributed by atoms with Gasteiger partial charge in [0.2, 0.25) is 0 Å². The molecule has 0 spiro atoms. The van der Waals surface area contributed by atoms with E-state index in [0.717, 1.165) is 19.3 Å². The summed E-state index contributed by atoms with van der Waals surface area (Å²) in [6, 6.07) is 21.9. The molecule has 128 valence electrons. The first-order valence-corrected chi connectivity index (χ1v) is 9.06. The lowest BCUT2D eigenvalue weighted by Gasteiger charge is -2.32. The maximum atomic E-state index is 9.30. The van der Waals surface area contributed by atoms with Gasteiger partial charge in [-0.05, 0) is 64.3 Å². The van der Waals surface area contributed by atoms with E-state index in [1.54, 1.807) is 7.11 Å². The van der Waals surface area contributed by atoms with Gasteiger partial charge in [-0.1, -0.05) is 54.6 Å². The number of hydrogen-bond acceptors (Lipinski definition) is 2. The standard InChI is InChI=1S/C23H24O2/c1-25-23-17(12-13-24)7-9-21-15-20(10-11-22(21)23)19-8-6-16-4-2-3-5-18(16)14-19/h2-6,8,10-11,14-15,17,23-24H,7,9,12-13H2,1H3. The maximum Gasteiger partial charge on any atom is 0.0852 e. The third kappa shape index (κ3) is 3.08. The highest BCUT2D eigenvalue weighted by atomic mass is 16.5. The van der Waals surface area contributed by atoms with E-state index in [2.05, 4.69) is 60.7 Å². The second kappa shape index (κ2) is 6.99. The molecule has 0 heterocycles. The number of methoxy groups -OCH3 is 1. The fraction of sp³-hybridized carbons (Fsp3) is 0.304. The van der Waals surface area contributed by atoms with Gasteiger partial charge in [0, 0.05) is 13.7 Å². The molecule has 1 aliphatic carbocycles. The van der Waals surface area contributed by atoms with Crippen LogP contribution in [0.3, 0.4) is 0 Å². The van der Waals surface area contributed by atoms with Crippen molar-refractivity contribution in [3.05, 3.63) is 71.8 Å². The largest absolute Gasteiger partial charge is 0.396 e. The fourth-order valence-corrected chi connectivity index (χ4v) is 4.18. The average Bonchev–Trinajstić information content (AvgIpc) is 2.67. The predicted octanol–water partition coefficient (Wildman–Crippen LogP) is 5.14. The normalized spacial score (nSPS) is 19.8. The fourth-order valence-electron chi connectivity index (χ4n) is 4.18. The van der Waals surface area contributed by atoms with Crippen LogP contribution in [0.15, 0.2) is 60.7 Å². The summed E-state index contributed by atoms with van der Waals surface area (Å²) in [5, 5.41) is 11.9. The van der Waals surface area contributed by atoms with E-state index >= 15 is 0 Å². The molecule has 2 atom stereocenters. The van der Waals surface area contributed by atoms with E-state index in [4.69, 9.17) is 4.74 Å². The van der Waals surface area contributed by atoms with Crippen molar-refractivity contribution >= 4 is 10.8 Å². The summed E-state index contributed by atoms with van der Waals surface area (Å²) >= 11 is 0. The summed E-state index contributed by atoms with van der Waals surface area (Å²) in [5.41, 5.74) is 5.19. The Hall–Kier alpha value is -2.16. The number of ether oxygens (including phenoxy) is 1. The number of fused-ring (bicyclic) bond motifs is 2. The summed E-state index contributed by atoms with van der Waals surface area (Å²) < 4.78 is 5.77. The molecular weight excluding hydrogens is 308 g/mol. The molecule has 0 aromatic heterocycles. The second-order valence-electron chi connectivity index (χ2n) is 6.94. The highest BCUT2D eigenvalue weighted by molar-refractivity contribution is 5.87. The van der Waals surface area contributed by atoms with E-state index in [9.17, 15) is 5.11 Å². The van der Waals surface area contributed by atoms with Crippen LogP contribution in [0.5, 0.6) is 0 Å². The van der Waals surface area contributed by atoms with Crippen LogP contribution in [0.2, 0.25) is 0 Å². The van der Waals surface area contributed by atoms with E-state index in [1.165, 1.54) is 33.0 Å². The van der Waals surface area contributed by atoms with Crippen LogP contribution in [-0.4, -0.2) is 18.8 Å². The van der Waals surface area contributed by atoms with E-state index < -0.39 is 0 Å². The van der Waals surface area contributed by atoms with Gasteiger partial charge in [0.05, 0.1) is 6.10 Å². The Morgan fingerprint density at radius 3 is 2.52 bits per heavy atom. The van der Waals surface area contributed by atoms with Crippen LogP contribution in [-0.2, 0) is 11.2 Å². The Labute approximate surface area is 149 Å². The molecule has 2 unspecified atom stereocenters. The third-order valence-electron chi connectivity index (χ3n) is 5.50. The van der Waals surface area contributed by atoms with Crippen molar-refractivity contribution in [2.75, 3.05) is 13.7 Å². The number of rotatable bonds is 4. The zero-order chi connectivity index (χ0) is 17.2. The van der Waals surface area contributed by atoms with Gasteiger partial charge < -0.3 is 9.84 Å². The van der Waals surface area contributed by atoms with Crippen LogP contribution in [0.1, 0.15) is 30.1 Å². The van der Waals surface area contributed by atoms with Crippen LogP contribution >= 0.6 is 0 Å². The number of aryl methyl sites for hydroxylation is 1. The van der Waals surface area contributed by atoms with Crippen LogP contribution in [0.4, 0.5) is 0 Å². The molecule has 2 heteroatoms. The van der Waals surface area contributed by atoms with Gasteiger partial charge in [0.1, 0.15) is 0 Å². The summed E-state index contributed by atoms with van der Waals surface area (Å²) in [4.78, 5) is 0. The van der Waals surface area contributed by atoms with Crippen molar-refractivity contribution in [1.29, 1.82) is 0 Å². The SMILES string of the molecule is COC1c2ccc(-c3ccc4ccccc4c3)cc2CCC1CCO. The lowest BCUT2D eigenvalue weighted by molar-refractivity contribution is 0.0298. The number of hydrogen-bond donors (Lipinski definition) is 1. The smallest absolute Gasteiger partial charge is 0.0852 e. The first-order chi connectivity index (χ1) is 12.3. The Balaban J connectivity index is 1.71. The summed E-state index contributed by atoms with van der Waals surface area (Å²) in [6.07, 6.45) is 3.04. The molecule has 4 rings (SSSR count). The molecule has 3 aromatic rings. The molecule has 0 fully saturated rings. The molecule has 0 amide bonds. The molecule has 0 saturated carbocycles. The molecule has 0 aliphatic heterocycles. The molecule has 1 N–H and O–H groups in total. The molecule has 0 radical (unpaired) electrons. The number of aliphatic hydroxyl groups excluding tert-OH is 1. The molecule has 3 aromatic carbocycles. The number of aliphatic hydroxyl groups is 1. The van der Waals surface area contributed by atoms with Crippen molar-refractivity contribution < 1.29 is 9.84 Å². The van der Waals surface area contributed by atoms with Crippen molar-refractivity contribution in [2.24, 2.45) is 5.92 Å². The third-order valence-corrected chi connectivity index (χ3v) is 5.50. The zero-order valence-corrected chi connectivity index (χ0v) is 14.6. The quantitative estimate of drug-likeness (QED) is 0.717. The minimum absolute atomic E-state index is 0.0987. The monoisotopic (exact) mass is 332 g/mol. The van der Waals surface area contributed by atoms with Gasteiger partial charge in [0.25, 0.3) is 0 Å². The highest BCUT2D eigenvalue weighted by Gasteiger charge is 2.29. The van der Waals surface area contributed by atoms with Gasteiger partial charge >= 0.3 is 0 Å². The first-order valence-electron chi connectivity index (χ1n) is 9.06. The lowest BCUT2D eigenvalue weighted by atomic mass is 9.79. The Morgan fingerprint density at radius 1 is 0.960 bits per heavy atom. The van der Waals surface area contributed by atoms with E-state index in [-0.39, 0.29) is 12.7 Å². The Bertz CT molecular complexity index is 884. The second-order valence-corrected chi connectivity index (χ2v) is 6.94. The molecule has 25 heavy (non-hydrogen) atoms. The zero-order valence-electron chi connectivity index (χ0n) is 14.6. The van der Waals surface area contributed by atoms with Gasteiger partial charge in [-0.15, -0.1) is 0 Å². The summed E-state index contributed by atoms with van der Waals surface area (Å²) in [5.74, 6) is 0.411. The van der Waals surface area contributed by atoms with Crippen molar-refractivity contribution in [2.45, 2.75) is 25.4 Å². The average molecular weight is 332 g/mol. The van der Waals surface area contributed by atoms with Gasteiger partial charge in [-0.25, -0.2) is 0 Å². The summed E-state index contributed by atoms with van der Waals surface area (Å²) in [7, 11) is 1.78. The van der Waals surface area contributed by atoms with Crippen LogP contribution < -0.4 is 0 Å². The van der Waals surface area contributed by atoms with Gasteiger partial charge in [0.15, 0.2) is 0 Å². The minimum atomic E-state index is 0.0987. The minimum Gasteiger partial charge on any atom is -0.396 e. The van der Waals surface area contributed by atoms with E-state index in [1.807, 2.05) is 0 Å². The van der Waals surface area contributed by atoms with Gasteiger partial charge in [-0.2, -0.15) is 0 Å². The summed E-state index contributed by atoms with van der Waals surface area (Å²) in [6.45, 7) is 0.231. The van der Waals surface area contributed by atoms with Crippen molar-refractivity contribution in [1.82, 2.24) is 0 Å². The molecule has 0 saturated heterocycles. The maximum absolute atomic E-state index is 9.30. The van der Waals surface area contributed by atoms with Crippen molar-refractivity contribution in [3.8, 4) is 11.1 Å². The molecule has 1 aliphatic rings. The van der Waals surface area contributed by atoms with Crippen LogP contribution in [0.25, 0.3) is 21.9 Å². The first kappa shape index (κ1) is 16.3. The van der Waals surface area contributed by atoms with E-state index in [0.29, 0.717) is 5.92 Å². The molecular formula is C23H24O2. The lowest BCUT2D eigenvalue weighted by Crippen LogP contribution is -2.23. The Kier molecular flexibility index (Phi) is 4.56. The highest BCUT2D eigenvalue weighted by Crippen LogP contribution is 2.40. The van der Waals surface area contributed by atoms with Crippen LogP contribution in [0, 0.1) is 5.92 Å².